The van der Waals surface area contributed by atoms with E-state index in [9.17, 15) is 4.79 Å². The highest BCUT2D eigenvalue weighted by Gasteiger charge is 2.10. The standard InChI is InChI=1S/C19H17ClN4O/c1-12-7-8-14(11-15(12)20)22-18(25)17-9-10-21-19(24-17)23-16-6-4-3-5-13(16)2/h3-11H,1-2H3,(H,22,25)(H,21,23,24). The number of nitrogens with zero attached hydrogens (tertiary/aromatic N) is 2. The van der Waals surface area contributed by atoms with Gasteiger partial charge in [0.15, 0.2) is 0 Å². The summed E-state index contributed by atoms with van der Waals surface area (Å²) in [6.07, 6.45) is 1.55. The van der Waals surface area contributed by atoms with Crippen LogP contribution in [-0.4, -0.2) is 15.9 Å². The van der Waals surface area contributed by atoms with Gasteiger partial charge in [0.05, 0.1) is 0 Å². The number of carbonyl (C=O) groups is 1. The fourth-order valence-electron chi connectivity index (χ4n) is 2.24. The molecule has 2 aromatic carbocycles. The normalized spacial score (nSPS) is 10.4. The highest BCUT2D eigenvalue weighted by molar-refractivity contribution is 6.31. The molecule has 3 aromatic rings. The molecule has 0 saturated heterocycles. The van der Waals surface area contributed by atoms with Crippen molar-refractivity contribution in [1.29, 1.82) is 0 Å². The summed E-state index contributed by atoms with van der Waals surface area (Å²) in [5.41, 5.74) is 3.79. The van der Waals surface area contributed by atoms with Gasteiger partial charge in [-0.25, -0.2) is 9.97 Å². The molecule has 0 bridgehead atoms. The van der Waals surface area contributed by atoms with E-state index < -0.39 is 0 Å². The molecule has 3 rings (SSSR count). The monoisotopic (exact) mass is 352 g/mol. The molecule has 1 amide bonds. The molecule has 0 atom stereocenters. The van der Waals surface area contributed by atoms with Crippen molar-refractivity contribution in [3.63, 3.8) is 0 Å². The third-order valence-corrected chi connectivity index (χ3v) is 4.12. The van der Waals surface area contributed by atoms with Crippen molar-refractivity contribution >= 4 is 34.8 Å². The topological polar surface area (TPSA) is 66.9 Å². The summed E-state index contributed by atoms with van der Waals surface area (Å²) < 4.78 is 0. The molecule has 1 aromatic heterocycles. The predicted molar refractivity (Wildman–Crippen MR) is 101 cm³/mol. The number of anilines is 3. The van der Waals surface area contributed by atoms with E-state index in [0.717, 1.165) is 16.8 Å². The Hall–Kier alpha value is -2.92. The fraction of sp³-hybridized carbons (Fsp3) is 0.105. The van der Waals surface area contributed by atoms with Crippen LogP contribution in [0.5, 0.6) is 0 Å². The summed E-state index contributed by atoms with van der Waals surface area (Å²) in [7, 11) is 0. The Morgan fingerprint density at radius 3 is 2.60 bits per heavy atom. The van der Waals surface area contributed by atoms with Gasteiger partial charge in [0.2, 0.25) is 5.95 Å². The quantitative estimate of drug-likeness (QED) is 0.711. The number of aryl methyl sites for hydroxylation is 2. The van der Waals surface area contributed by atoms with Crippen LogP contribution in [0.15, 0.2) is 54.7 Å². The third-order valence-electron chi connectivity index (χ3n) is 3.71. The molecular formula is C19H17ClN4O. The zero-order valence-electron chi connectivity index (χ0n) is 13.9. The second-order valence-electron chi connectivity index (χ2n) is 5.62. The largest absolute Gasteiger partial charge is 0.324 e. The lowest BCUT2D eigenvalue weighted by Crippen LogP contribution is -2.14. The minimum atomic E-state index is -0.324. The van der Waals surface area contributed by atoms with Gasteiger partial charge in [-0.15, -0.1) is 0 Å². The number of aromatic nitrogens is 2. The summed E-state index contributed by atoms with van der Waals surface area (Å²) in [6.45, 7) is 3.89. The van der Waals surface area contributed by atoms with Gasteiger partial charge < -0.3 is 10.6 Å². The van der Waals surface area contributed by atoms with Crippen LogP contribution < -0.4 is 10.6 Å². The van der Waals surface area contributed by atoms with Gasteiger partial charge in [0.25, 0.3) is 5.91 Å². The second-order valence-corrected chi connectivity index (χ2v) is 6.03. The first-order valence-corrected chi connectivity index (χ1v) is 8.14. The van der Waals surface area contributed by atoms with Gasteiger partial charge >= 0.3 is 0 Å². The summed E-state index contributed by atoms with van der Waals surface area (Å²) in [4.78, 5) is 20.9. The lowest BCUT2D eigenvalue weighted by molar-refractivity contribution is 0.102. The molecule has 25 heavy (non-hydrogen) atoms. The van der Waals surface area contributed by atoms with Crippen molar-refractivity contribution in [1.82, 2.24) is 9.97 Å². The van der Waals surface area contributed by atoms with Crippen LogP contribution in [0.25, 0.3) is 0 Å². The minimum absolute atomic E-state index is 0.266. The Bertz CT molecular complexity index is 927. The van der Waals surface area contributed by atoms with E-state index in [0.29, 0.717) is 16.7 Å². The fourth-order valence-corrected chi connectivity index (χ4v) is 2.43. The first-order chi connectivity index (χ1) is 12.0. The van der Waals surface area contributed by atoms with E-state index in [-0.39, 0.29) is 11.6 Å². The van der Waals surface area contributed by atoms with Crippen molar-refractivity contribution in [2.45, 2.75) is 13.8 Å². The Morgan fingerprint density at radius 2 is 1.84 bits per heavy atom. The molecule has 0 saturated carbocycles. The summed E-state index contributed by atoms with van der Waals surface area (Å²) in [6, 6.07) is 14.7. The van der Waals surface area contributed by atoms with Gasteiger partial charge in [-0.1, -0.05) is 35.9 Å². The maximum atomic E-state index is 12.4. The lowest BCUT2D eigenvalue weighted by Gasteiger charge is -2.09. The van der Waals surface area contributed by atoms with Crippen LogP contribution in [0.4, 0.5) is 17.3 Å². The summed E-state index contributed by atoms with van der Waals surface area (Å²) in [5.74, 6) is 0.0408. The molecule has 0 aliphatic rings. The van der Waals surface area contributed by atoms with E-state index in [2.05, 4.69) is 20.6 Å². The summed E-state index contributed by atoms with van der Waals surface area (Å²) >= 11 is 6.09. The van der Waals surface area contributed by atoms with Crippen molar-refractivity contribution < 1.29 is 4.79 Å². The highest BCUT2D eigenvalue weighted by Crippen LogP contribution is 2.21. The number of para-hydroxylation sites is 1. The van der Waals surface area contributed by atoms with Crippen molar-refractivity contribution in [3.8, 4) is 0 Å². The van der Waals surface area contributed by atoms with Crippen LogP contribution in [0.1, 0.15) is 21.6 Å². The minimum Gasteiger partial charge on any atom is -0.324 e. The van der Waals surface area contributed by atoms with Gasteiger partial charge in [-0.05, 0) is 49.2 Å². The molecular weight excluding hydrogens is 336 g/mol. The van der Waals surface area contributed by atoms with Gasteiger partial charge in [0, 0.05) is 22.6 Å². The molecule has 0 aliphatic carbocycles. The third kappa shape index (κ3) is 4.14. The number of carbonyl (C=O) groups excluding carboxylic acids is 1. The van der Waals surface area contributed by atoms with Gasteiger partial charge in [0.1, 0.15) is 5.69 Å². The highest BCUT2D eigenvalue weighted by atomic mass is 35.5. The van der Waals surface area contributed by atoms with Gasteiger partial charge in [-0.3, -0.25) is 4.79 Å². The van der Waals surface area contributed by atoms with E-state index in [1.54, 1.807) is 24.4 Å². The number of rotatable bonds is 4. The Morgan fingerprint density at radius 1 is 1.04 bits per heavy atom. The predicted octanol–water partition coefficient (Wildman–Crippen LogP) is 4.74. The molecule has 0 fully saturated rings. The molecule has 6 heteroatoms. The van der Waals surface area contributed by atoms with E-state index in [1.807, 2.05) is 44.2 Å². The van der Waals surface area contributed by atoms with Crippen molar-refractivity contribution in [2.24, 2.45) is 0 Å². The molecule has 0 aliphatic heterocycles. The lowest BCUT2D eigenvalue weighted by atomic mass is 10.2. The molecule has 1 heterocycles. The molecule has 5 nitrogen and oxygen atoms in total. The van der Waals surface area contributed by atoms with Crippen LogP contribution in [-0.2, 0) is 0 Å². The van der Waals surface area contributed by atoms with Gasteiger partial charge in [-0.2, -0.15) is 0 Å². The maximum Gasteiger partial charge on any atom is 0.274 e. The smallest absolute Gasteiger partial charge is 0.274 e. The van der Waals surface area contributed by atoms with Crippen molar-refractivity contribution in [2.75, 3.05) is 10.6 Å². The van der Waals surface area contributed by atoms with Crippen LogP contribution >= 0.6 is 11.6 Å². The molecule has 0 unspecified atom stereocenters. The van der Waals surface area contributed by atoms with E-state index in [4.69, 9.17) is 11.6 Å². The zero-order chi connectivity index (χ0) is 17.8. The first kappa shape index (κ1) is 16.9. The number of nitrogens with one attached hydrogen (secondary N) is 2. The van der Waals surface area contributed by atoms with Crippen LogP contribution in [0.2, 0.25) is 5.02 Å². The second kappa shape index (κ2) is 7.32. The number of halogens is 1. The average Bonchev–Trinajstić information content (AvgIpc) is 2.60. The van der Waals surface area contributed by atoms with Crippen LogP contribution in [0.3, 0.4) is 0 Å². The maximum absolute atomic E-state index is 12.4. The molecule has 0 radical (unpaired) electrons. The first-order valence-electron chi connectivity index (χ1n) is 7.76. The van der Waals surface area contributed by atoms with E-state index in [1.165, 1.54) is 0 Å². The number of hydrogen-bond acceptors (Lipinski definition) is 4. The Balaban J connectivity index is 1.77. The average molecular weight is 353 g/mol. The zero-order valence-corrected chi connectivity index (χ0v) is 14.6. The summed E-state index contributed by atoms with van der Waals surface area (Å²) in [5, 5.41) is 6.51. The van der Waals surface area contributed by atoms with Crippen molar-refractivity contribution in [3.05, 3.63) is 76.6 Å². The Kier molecular flexibility index (Phi) is 4.95. The number of hydrogen-bond donors (Lipinski definition) is 2. The SMILES string of the molecule is Cc1ccc(NC(=O)c2ccnc(Nc3ccccc3C)n2)cc1Cl. The Labute approximate surface area is 151 Å². The molecule has 2 N–H and O–H groups in total. The number of benzene rings is 2. The molecule has 0 spiro atoms. The van der Waals surface area contributed by atoms with E-state index >= 15 is 0 Å². The van der Waals surface area contributed by atoms with Crippen LogP contribution in [0, 0.1) is 13.8 Å². The molecule has 126 valence electrons. The number of amides is 1.